The predicted molar refractivity (Wildman–Crippen MR) is 160 cm³/mol. The standard InChI is InChI=1S/C30H36ClN5O6/c1-35(2)29(39)19-11-9-18(10-12-19)27(37)34-25-24-21(30(40)36(3)15-6-16-41-4)7-5-8-22(24)42-26(25)28(38)33-23-14-13-20(31)17-32-23/h5,7-8,13-14,17-19H,6,9-12,15-16H2,1-4H3,(H,34,37)(H,32,33,38). The zero-order valence-corrected chi connectivity index (χ0v) is 25.0. The number of carbonyl (C=O) groups excluding carboxylic acids is 4. The van der Waals surface area contributed by atoms with E-state index in [-0.39, 0.29) is 58.0 Å². The molecule has 12 heteroatoms. The van der Waals surface area contributed by atoms with Crippen LogP contribution in [0.2, 0.25) is 5.02 Å². The summed E-state index contributed by atoms with van der Waals surface area (Å²) in [5, 5.41) is 6.32. The van der Waals surface area contributed by atoms with Crippen molar-refractivity contribution in [2.45, 2.75) is 32.1 Å². The molecule has 0 saturated heterocycles. The van der Waals surface area contributed by atoms with Crippen LogP contribution in [0.1, 0.15) is 53.0 Å². The second-order valence-corrected chi connectivity index (χ2v) is 11.1. The second-order valence-electron chi connectivity index (χ2n) is 10.6. The number of carbonyl (C=O) groups is 4. The first-order chi connectivity index (χ1) is 20.1. The summed E-state index contributed by atoms with van der Waals surface area (Å²) in [6, 6.07) is 8.07. The van der Waals surface area contributed by atoms with Crippen molar-refractivity contribution in [2.75, 3.05) is 52.0 Å². The monoisotopic (exact) mass is 597 g/mol. The van der Waals surface area contributed by atoms with Crippen LogP contribution in [0.5, 0.6) is 0 Å². The molecule has 0 radical (unpaired) electrons. The van der Waals surface area contributed by atoms with Gasteiger partial charge in [0.05, 0.1) is 16.0 Å². The molecule has 0 unspecified atom stereocenters. The van der Waals surface area contributed by atoms with E-state index < -0.39 is 5.91 Å². The summed E-state index contributed by atoms with van der Waals surface area (Å²) in [6.07, 6.45) is 4.27. The molecule has 0 bridgehead atoms. The number of amides is 4. The van der Waals surface area contributed by atoms with Gasteiger partial charge in [0.2, 0.25) is 17.6 Å². The minimum Gasteiger partial charge on any atom is -0.449 e. The van der Waals surface area contributed by atoms with Gasteiger partial charge in [0.1, 0.15) is 17.1 Å². The molecule has 1 aliphatic carbocycles. The molecular formula is C30H36ClN5O6. The van der Waals surface area contributed by atoms with Crippen molar-refractivity contribution in [3.8, 4) is 0 Å². The van der Waals surface area contributed by atoms with Crippen LogP contribution in [-0.4, -0.2) is 79.8 Å². The van der Waals surface area contributed by atoms with Gasteiger partial charge in [-0.2, -0.15) is 0 Å². The largest absolute Gasteiger partial charge is 0.449 e. The van der Waals surface area contributed by atoms with Crippen LogP contribution in [0, 0.1) is 11.8 Å². The van der Waals surface area contributed by atoms with E-state index >= 15 is 0 Å². The molecule has 1 aromatic carbocycles. The number of benzene rings is 1. The van der Waals surface area contributed by atoms with E-state index in [1.54, 1.807) is 68.4 Å². The van der Waals surface area contributed by atoms with Gasteiger partial charge in [-0.1, -0.05) is 17.7 Å². The average Bonchev–Trinajstić information content (AvgIpc) is 3.36. The summed E-state index contributed by atoms with van der Waals surface area (Å²) in [6.45, 7) is 0.952. The molecule has 4 rings (SSSR count). The third-order valence-corrected chi connectivity index (χ3v) is 7.67. The van der Waals surface area contributed by atoms with Crippen molar-refractivity contribution in [2.24, 2.45) is 11.8 Å². The summed E-state index contributed by atoms with van der Waals surface area (Å²) >= 11 is 5.92. The summed E-state index contributed by atoms with van der Waals surface area (Å²) in [4.78, 5) is 60.2. The number of furan rings is 1. The van der Waals surface area contributed by atoms with Crippen LogP contribution >= 0.6 is 11.6 Å². The second kappa shape index (κ2) is 13.8. The molecule has 0 spiro atoms. The Morgan fingerprint density at radius 2 is 1.74 bits per heavy atom. The number of aromatic nitrogens is 1. The summed E-state index contributed by atoms with van der Waals surface area (Å²) < 4.78 is 11.1. The fourth-order valence-corrected chi connectivity index (χ4v) is 5.29. The van der Waals surface area contributed by atoms with Crippen LogP contribution in [0.4, 0.5) is 11.5 Å². The molecule has 0 aliphatic heterocycles. The lowest BCUT2D eigenvalue weighted by molar-refractivity contribution is -0.135. The number of hydrogen-bond acceptors (Lipinski definition) is 7. The van der Waals surface area contributed by atoms with E-state index in [1.807, 2.05) is 0 Å². The number of hydrogen-bond donors (Lipinski definition) is 2. The molecule has 1 fully saturated rings. The first kappa shape index (κ1) is 31.0. The Labute approximate surface area is 249 Å². The van der Waals surface area contributed by atoms with E-state index in [1.165, 1.54) is 6.20 Å². The van der Waals surface area contributed by atoms with E-state index in [9.17, 15) is 19.2 Å². The minimum absolute atomic E-state index is 0.0576. The van der Waals surface area contributed by atoms with E-state index in [4.69, 9.17) is 20.8 Å². The van der Waals surface area contributed by atoms with Gasteiger partial charge in [-0.25, -0.2) is 4.98 Å². The Hall–Kier alpha value is -3.96. The molecule has 2 N–H and O–H groups in total. The minimum atomic E-state index is -0.650. The number of fused-ring (bicyclic) bond motifs is 1. The van der Waals surface area contributed by atoms with Crippen molar-refractivity contribution in [1.82, 2.24) is 14.8 Å². The number of nitrogens with zero attached hydrogens (tertiary/aromatic N) is 3. The van der Waals surface area contributed by atoms with Gasteiger partial charge in [0.15, 0.2) is 0 Å². The Bertz CT molecular complexity index is 1450. The van der Waals surface area contributed by atoms with Gasteiger partial charge in [0, 0.05) is 59.4 Å². The maximum absolute atomic E-state index is 13.6. The highest BCUT2D eigenvalue weighted by atomic mass is 35.5. The molecular weight excluding hydrogens is 562 g/mol. The molecule has 3 aromatic rings. The maximum Gasteiger partial charge on any atom is 0.294 e. The molecule has 0 atom stereocenters. The average molecular weight is 598 g/mol. The number of anilines is 2. The summed E-state index contributed by atoms with van der Waals surface area (Å²) in [7, 11) is 6.74. The van der Waals surface area contributed by atoms with Gasteiger partial charge < -0.3 is 29.6 Å². The van der Waals surface area contributed by atoms with Crippen molar-refractivity contribution in [3.05, 3.63) is 52.9 Å². The lowest BCUT2D eigenvalue weighted by atomic mass is 9.81. The normalized spacial score (nSPS) is 16.6. The van der Waals surface area contributed by atoms with Crippen molar-refractivity contribution in [3.63, 3.8) is 0 Å². The quantitative estimate of drug-likeness (QED) is 0.324. The molecule has 42 heavy (non-hydrogen) atoms. The Kier molecular flexibility index (Phi) is 10.2. The molecule has 11 nitrogen and oxygen atoms in total. The third-order valence-electron chi connectivity index (χ3n) is 7.45. The molecule has 1 aliphatic rings. The van der Waals surface area contributed by atoms with Crippen LogP contribution < -0.4 is 10.6 Å². The van der Waals surface area contributed by atoms with E-state index in [0.29, 0.717) is 55.7 Å². The zero-order chi connectivity index (χ0) is 30.4. The molecule has 224 valence electrons. The van der Waals surface area contributed by atoms with Crippen molar-refractivity contribution < 1.29 is 28.3 Å². The fourth-order valence-electron chi connectivity index (χ4n) is 5.17. The number of rotatable bonds is 10. The summed E-state index contributed by atoms with van der Waals surface area (Å²) in [5.74, 6) is -1.59. The first-order valence-electron chi connectivity index (χ1n) is 13.9. The first-order valence-corrected chi connectivity index (χ1v) is 14.2. The molecule has 2 aromatic heterocycles. The Morgan fingerprint density at radius 3 is 2.38 bits per heavy atom. The highest BCUT2D eigenvalue weighted by Crippen LogP contribution is 2.37. The number of halogens is 1. The topological polar surface area (TPSA) is 134 Å². The maximum atomic E-state index is 13.6. The van der Waals surface area contributed by atoms with Gasteiger partial charge >= 0.3 is 0 Å². The molecule has 1 saturated carbocycles. The Morgan fingerprint density at radius 1 is 1.02 bits per heavy atom. The molecule has 2 heterocycles. The van der Waals surface area contributed by atoms with E-state index in [2.05, 4.69) is 15.6 Å². The van der Waals surface area contributed by atoms with Gasteiger partial charge in [-0.05, 0) is 56.4 Å². The number of nitrogens with one attached hydrogen (secondary N) is 2. The number of ether oxygens (including phenoxy) is 1. The van der Waals surface area contributed by atoms with Crippen LogP contribution in [0.3, 0.4) is 0 Å². The SMILES string of the molecule is COCCCN(C)C(=O)c1cccc2oc(C(=O)Nc3ccc(Cl)cn3)c(NC(=O)C3CCC(C(=O)N(C)C)CC3)c12. The predicted octanol–water partition coefficient (Wildman–Crippen LogP) is 4.68. The van der Waals surface area contributed by atoms with Crippen molar-refractivity contribution >= 4 is 57.7 Å². The van der Waals surface area contributed by atoms with Crippen LogP contribution in [0.25, 0.3) is 11.0 Å². The molecule has 4 amide bonds. The fraction of sp³-hybridized carbons (Fsp3) is 0.433. The number of pyridine rings is 1. The van der Waals surface area contributed by atoms with Gasteiger partial charge in [-0.3, -0.25) is 19.2 Å². The highest BCUT2D eigenvalue weighted by Gasteiger charge is 2.33. The Balaban J connectivity index is 1.67. The van der Waals surface area contributed by atoms with Crippen LogP contribution in [-0.2, 0) is 14.3 Å². The van der Waals surface area contributed by atoms with Gasteiger partial charge in [-0.15, -0.1) is 0 Å². The lowest BCUT2D eigenvalue weighted by Gasteiger charge is -2.28. The van der Waals surface area contributed by atoms with Crippen molar-refractivity contribution in [1.29, 1.82) is 0 Å². The highest BCUT2D eigenvalue weighted by molar-refractivity contribution is 6.30. The number of methoxy groups -OCH3 is 1. The smallest absolute Gasteiger partial charge is 0.294 e. The summed E-state index contributed by atoms with van der Waals surface area (Å²) in [5.41, 5.74) is 0.675. The van der Waals surface area contributed by atoms with Gasteiger partial charge in [0.25, 0.3) is 11.8 Å². The van der Waals surface area contributed by atoms with E-state index in [0.717, 1.165) is 0 Å². The van der Waals surface area contributed by atoms with Crippen LogP contribution in [0.15, 0.2) is 40.9 Å². The zero-order valence-electron chi connectivity index (χ0n) is 24.2. The lowest BCUT2D eigenvalue weighted by Crippen LogP contribution is -2.35. The third kappa shape index (κ3) is 7.08.